The van der Waals surface area contributed by atoms with Crippen LogP contribution in [0.3, 0.4) is 0 Å². The van der Waals surface area contributed by atoms with Crippen LogP contribution in [0.25, 0.3) is 0 Å². The van der Waals surface area contributed by atoms with Crippen molar-refractivity contribution in [1.29, 1.82) is 0 Å². The van der Waals surface area contributed by atoms with Crippen LogP contribution in [0, 0.1) is 23.2 Å². The van der Waals surface area contributed by atoms with Gasteiger partial charge in [0.15, 0.2) is 0 Å². The molecule has 2 aliphatic carbocycles. The minimum absolute atomic E-state index is 0.565. The van der Waals surface area contributed by atoms with E-state index in [-0.39, 0.29) is 0 Å². The van der Waals surface area contributed by atoms with Crippen molar-refractivity contribution in [3.8, 4) is 0 Å². The van der Waals surface area contributed by atoms with Gasteiger partial charge < -0.3 is 5.32 Å². The van der Waals surface area contributed by atoms with Crippen molar-refractivity contribution in [3.63, 3.8) is 0 Å². The highest BCUT2D eigenvalue weighted by Crippen LogP contribution is 2.51. The van der Waals surface area contributed by atoms with Crippen LogP contribution < -0.4 is 5.32 Å². The summed E-state index contributed by atoms with van der Waals surface area (Å²) >= 11 is 0. The lowest BCUT2D eigenvalue weighted by Gasteiger charge is -2.34. The summed E-state index contributed by atoms with van der Waals surface area (Å²) in [6, 6.07) is 0.786. The van der Waals surface area contributed by atoms with Crippen molar-refractivity contribution in [1.82, 2.24) is 5.32 Å². The fourth-order valence-electron chi connectivity index (χ4n) is 4.36. The highest BCUT2D eigenvalue weighted by Gasteiger charge is 2.46. The third-order valence-corrected chi connectivity index (χ3v) is 5.36. The Balaban J connectivity index is 2.12. The maximum Gasteiger partial charge on any atom is 0.0100 e. The SMILES string of the molecule is CNC1CC(C)(C)C2CCC(C)CCCC12. The summed E-state index contributed by atoms with van der Waals surface area (Å²) in [5.74, 6) is 2.88. The second-order valence-electron chi connectivity index (χ2n) is 6.97. The van der Waals surface area contributed by atoms with Gasteiger partial charge in [-0.25, -0.2) is 0 Å². The number of hydrogen-bond acceptors (Lipinski definition) is 1. The van der Waals surface area contributed by atoms with Crippen LogP contribution in [-0.2, 0) is 0 Å². The molecule has 0 aliphatic heterocycles. The van der Waals surface area contributed by atoms with Crippen LogP contribution in [0.1, 0.15) is 59.3 Å². The predicted molar refractivity (Wildman–Crippen MR) is 70.5 cm³/mol. The van der Waals surface area contributed by atoms with Crippen molar-refractivity contribution in [3.05, 3.63) is 0 Å². The van der Waals surface area contributed by atoms with Crippen LogP contribution in [0.4, 0.5) is 0 Å². The normalized spacial score (nSPS) is 43.5. The summed E-state index contributed by atoms with van der Waals surface area (Å²) in [5, 5.41) is 3.58. The molecule has 1 heteroatoms. The molecule has 1 nitrogen and oxygen atoms in total. The van der Waals surface area contributed by atoms with Crippen LogP contribution in [0.15, 0.2) is 0 Å². The Morgan fingerprint density at radius 3 is 2.50 bits per heavy atom. The first-order valence-electron chi connectivity index (χ1n) is 7.22. The summed E-state index contributed by atoms with van der Waals surface area (Å²) in [5.41, 5.74) is 0.565. The van der Waals surface area contributed by atoms with Gasteiger partial charge in [-0.1, -0.05) is 40.0 Å². The Hall–Kier alpha value is -0.0400. The second-order valence-corrected chi connectivity index (χ2v) is 6.97. The maximum atomic E-state index is 3.58. The summed E-state index contributed by atoms with van der Waals surface area (Å²) in [6.45, 7) is 7.43. The highest BCUT2D eigenvalue weighted by atomic mass is 14.9. The molecule has 4 atom stereocenters. The fourth-order valence-corrected chi connectivity index (χ4v) is 4.36. The molecule has 0 aromatic rings. The lowest BCUT2D eigenvalue weighted by molar-refractivity contribution is 0.164. The van der Waals surface area contributed by atoms with Gasteiger partial charge in [0, 0.05) is 6.04 Å². The first-order valence-corrected chi connectivity index (χ1v) is 7.22. The van der Waals surface area contributed by atoms with E-state index in [9.17, 15) is 0 Å². The first-order chi connectivity index (χ1) is 7.54. The lowest BCUT2D eigenvalue weighted by Crippen LogP contribution is -2.32. The second kappa shape index (κ2) is 4.68. The Kier molecular flexibility index (Phi) is 3.63. The molecule has 0 bridgehead atoms. The molecule has 2 fully saturated rings. The van der Waals surface area contributed by atoms with E-state index >= 15 is 0 Å². The summed E-state index contributed by atoms with van der Waals surface area (Å²) < 4.78 is 0. The van der Waals surface area contributed by atoms with Gasteiger partial charge in [0.25, 0.3) is 0 Å². The molecule has 1 N–H and O–H groups in total. The van der Waals surface area contributed by atoms with Gasteiger partial charge in [0.1, 0.15) is 0 Å². The van der Waals surface area contributed by atoms with Crippen LogP contribution in [0.2, 0.25) is 0 Å². The van der Waals surface area contributed by atoms with Gasteiger partial charge in [0.2, 0.25) is 0 Å². The molecule has 0 heterocycles. The van der Waals surface area contributed by atoms with E-state index in [4.69, 9.17) is 0 Å². The van der Waals surface area contributed by atoms with Gasteiger partial charge in [-0.05, 0) is 49.5 Å². The molecule has 0 aromatic carbocycles. The van der Waals surface area contributed by atoms with Crippen LogP contribution >= 0.6 is 0 Å². The van der Waals surface area contributed by atoms with E-state index < -0.39 is 0 Å². The van der Waals surface area contributed by atoms with Crippen molar-refractivity contribution in [2.75, 3.05) is 7.05 Å². The topological polar surface area (TPSA) is 12.0 Å². The van der Waals surface area contributed by atoms with E-state index in [0.29, 0.717) is 5.41 Å². The maximum absolute atomic E-state index is 3.58. The van der Waals surface area contributed by atoms with Crippen LogP contribution in [0.5, 0.6) is 0 Å². The van der Waals surface area contributed by atoms with Gasteiger partial charge >= 0.3 is 0 Å². The average Bonchev–Trinajstić information content (AvgIpc) is 2.43. The monoisotopic (exact) mass is 223 g/mol. The molecular weight excluding hydrogens is 194 g/mol. The number of nitrogens with one attached hydrogen (secondary N) is 1. The van der Waals surface area contributed by atoms with Gasteiger partial charge in [-0.3, -0.25) is 0 Å². The van der Waals surface area contributed by atoms with E-state index in [1.54, 1.807) is 0 Å². The van der Waals surface area contributed by atoms with Crippen LogP contribution in [-0.4, -0.2) is 13.1 Å². The summed E-state index contributed by atoms with van der Waals surface area (Å²) in [4.78, 5) is 0. The molecule has 0 spiro atoms. The highest BCUT2D eigenvalue weighted by molar-refractivity contribution is 4.99. The minimum Gasteiger partial charge on any atom is -0.317 e. The molecule has 2 aliphatic rings. The molecule has 0 amide bonds. The smallest absolute Gasteiger partial charge is 0.0100 e. The average molecular weight is 223 g/mol. The number of fused-ring (bicyclic) bond motifs is 1. The zero-order valence-electron chi connectivity index (χ0n) is 11.6. The third kappa shape index (κ3) is 2.30. The molecule has 2 rings (SSSR count). The Morgan fingerprint density at radius 2 is 1.81 bits per heavy atom. The van der Waals surface area contributed by atoms with E-state index in [0.717, 1.165) is 23.8 Å². The van der Waals surface area contributed by atoms with E-state index in [1.807, 2.05) is 0 Å². The minimum atomic E-state index is 0.565. The molecule has 0 saturated heterocycles. The molecule has 2 saturated carbocycles. The van der Waals surface area contributed by atoms with Gasteiger partial charge in [-0.2, -0.15) is 0 Å². The Labute approximate surface area is 101 Å². The van der Waals surface area contributed by atoms with Crippen molar-refractivity contribution in [2.24, 2.45) is 23.2 Å². The van der Waals surface area contributed by atoms with Crippen molar-refractivity contribution < 1.29 is 0 Å². The largest absolute Gasteiger partial charge is 0.317 e. The number of hydrogen-bond donors (Lipinski definition) is 1. The molecule has 0 radical (unpaired) electrons. The molecule has 4 unspecified atom stereocenters. The molecule has 94 valence electrons. The predicted octanol–water partition coefficient (Wildman–Crippen LogP) is 3.84. The fraction of sp³-hybridized carbons (Fsp3) is 1.00. The lowest BCUT2D eigenvalue weighted by atomic mass is 9.72. The van der Waals surface area contributed by atoms with E-state index in [2.05, 4.69) is 33.1 Å². The van der Waals surface area contributed by atoms with Gasteiger partial charge in [-0.15, -0.1) is 0 Å². The molecule has 0 aromatic heterocycles. The zero-order valence-corrected chi connectivity index (χ0v) is 11.6. The van der Waals surface area contributed by atoms with Crippen molar-refractivity contribution in [2.45, 2.75) is 65.3 Å². The van der Waals surface area contributed by atoms with Gasteiger partial charge in [0.05, 0.1) is 0 Å². The third-order valence-electron chi connectivity index (χ3n) is 5.36. The zero-order chi connectivity index (χ0) is 11.8. The summed E-state index contributed by atoms with van der Waals surface area (Å²) in [7, 11) is 2.16. The summed E-state index contributed by atoms with van der Waals surface area (Å²) in [6.07, 6.45) is 8.69. The quantitative estimate of drug-likeness (QED) is 0.712. The standard InChI is InChI=1S/C15H29N/c1-11-6-5-7-12-13(9-8-11)15(2,3)10-14(12)16-4/h11-14,16H,5-10H2,1-4H3. The first kappa shape index (κ1) is 12.4. The Morgan fingerprint density at radius 1 is 1.06 bits per heavy atom. The number of rotatable bonds is 1. The van der Waals surface area contributed by atoms with E-state index in [1.165, 1.54) is 38.5 Å². The molecular formula is C15H29N. The molecule has 16 heavy (non-hydrogen) atoms. The Bertz CT molecular complexity index is 234. The van der Waals surface area contributed by atoms with Crippen molar-refractivity contribution >= 4 is 0 Å².